The summed E-state index contributed by atoms with van der Waals surface area (Å²) in [5.74, 6) is 1.04. The molecule has 25 heavy (non-hydrogen) atoms. The minimum absolute atomic E-state index is 0.746. The summed E-state index contributed by atoms with van der Waals surface area (Å²) in [5, 5.41) is 1.86. The van der Waals surface area contributed by atoms with Crippen molar-refractivity contribution in [1.29, 1.82) is 0 Å². The Hall–Kier alpha value is -2.32. The molecule has 2 aromatic carbocycles. The molecule has 2 nitrogen and oxygen atoms in total. The van der Waals surface area contributed by atoms with Crippen molar-refractivity contribution in [2.75, 3.05) is 11.4 Å². The molecule has 0 saturated heterocycles. The first-order chi connectivity index (χ1) is 12.2. The minimum atomic E-state index is 0.746. The van der Waals surface area contributed by atoms with E-state index in [1.54, 1.807) is 0 Å². The Balaban J connectivity index is 1.78. The SMILES string of the molecule is C=CCc1cc(N2CCCc3ccccc3C2)nc2ccc(Cl)cc12. The molecule has 0 aliphatic carbocycles. The van der Waals surface area contributed by atoms with E-state index < -0.39 is 0 Å². The van der Waals surface area contributed by atoms with Gasteiger partial charge in [-0.1, -0.05) is 41.9 Å². The number of aromatic nitrogens is 1. The lowest BCUT2D eigenvalue weighted by molar-refractivity contribution is 0.756. The third kappa shape index (κ3) is 3.27. The Bertz CT molecular complexity index is 932. The highest BCUT2D eigenvalue weighted by atomic mass is 35.5. The summed E-state index contributed by atoms with van der Waals surface area (Å²) in [4.78, 5) is 7.33. The largest absolute Gasteiger partial charge is 0.352 e. The van der Waals surface area contributed by atoms with E-state index in [1.807, 2.05) is 24.3 Å². The summed E-state index contributed by atoms with van der Waals surface area (Å²) in [5.41, 5.74) is 5.10. The second-order valence-electron chi connectivity index (χ2n) is 6.59. The minimum Gasteiger partial charge on any atom is -0.352 e. The Labute approximate surface area is 153 Å². The first-order valence-corrected chi connectivity index (χ1v) is 9.14. The van der Waals surface area contributed by atoms with Gasteiger partial charge in [0.1, 0.15) is 5.82 Å². The van der Waals surface area contributed by atoms with Gasteiger partial charge in [-0.05, 0) is 60.2 Å². The Kier molecular flexibility index (Phi) is 4.46. The van der Waals surface area contributed by atoms with Crippen molar-refractivity contribution in [3.05, 3.63) is 82.9 Å². The van der Waals surface area contributed by atoms with E-state index in [1.165, 1.54) is 16.7 Å². The normalized spacial score (nSPS) is 14.2. The second-order valence-corrected chi connectivity index (χ2v) is 7.02. The van der Waals surface area contributed by atoms with Crippen molar-refractivity contribution >= 4 is 28.3 Å². The van der Waals surface area contributed by atoms with E-state index in [-0.39, 0.29) is 0 Å². The monoisotopic (exact) mass is 348 g/mol. The molecular formula is C22H21ClN2. The fourth-order valence-corrected chi connectivity index (χ4v) is 3.81. The van der Waals surface area contributed by atoms with E-state index in [2.05, 4.69) is 41.8 Å². The number of benzene rings is 2. The van der Waals surface area contributed by atoms with Crippen LogP contribution in [0.4, 0.5) is 5.82 Å². The number of pyridine rings is 1. The van der Waals surface area contributed by atoms with Crippen LogP contribution in [0.1, 0.15) is 23.1 Å². The summed E-state index contributed by atoms with van der Waals surface area (Å²) in [6, 6.07) is 16.9. The zero-order chi connectivity index (χ0) is 17.2. The Morgan fingerprint density at radius 2 is 1.96 bits per heavy atom. The molecule has 0 N–H and O–H groups in total. The number of fused-ring (bicyclic) bond motifs is 2. The van der Waals surface area contributed by atoms with Crippen LogP contribution >= 0.6 is 11.6 Å². The molecular weight excluding hydrogens is 328 g/mol. The fourth-order valence-electron chi connectivity index (χ4n) is 3.63. The average Bonchev–Trinajstić information content (AvgIpc) is 2.84. The molecule has 3 aromatic rings. The van der Waals surface area contributed by atoms with E-state index in [0.717, 1.165) is 54.1 Å². The highest BCUT2D eigenvalue weighted by Gasteiger charge is 2.17. The van der Waals surface area contributed by atoms with Crippen LogP contribution in [-0.2, 0) is 19.4 Å². The van der Waals surface area contributed by atoms with Crippen LogP contribution in [0.2, 0.25) is 5.02 Å². The van der Waals surface area contributed by atoms with Crippen LogP contribution in [-0.4, -0.2) is 11.5 Å². The van der Waals surface area contributed by atoms with Crippen molar-refractivity contribution in [3.63, 3.8) is 0 Å². The van der Waals surface area contributed by atoms with Crippen LogP contribution in [0, 0.1) is 0 Å². The van der Waals surface area contributed by atoms with Crippen LogP contribution < -0.4 is 4.90 Å². The van der Waals surface area contributed by atoms with Crippen LogP contribution in [0.5, 0.6) is 0 Å². The first-order valence-electron chi connectivity index (χ1n) is 8.76. The molecule has 0 fully saturated rings. The van der Waals surface area contributed by atoms with Crippen molar-refractivity contribution in [2.45, 2.75) is 25.8 Å². The van der Waals surface area contributed by atoms with Crippen molar-refractivity contribution in [2.24, 2.45) is 0 Å². The molecule has 3 heteroatoms. The highest BCUT2D eigenvalue weighted by molar-refractivity contribution is 6.31. The van der Waals surface area contributed by atoms with Gasteiger partial charge >= 0.3 is 0 Å². The van der Waals surface area contributed by atoms with Gasteiger partial charge in [-0.25, -0.2) is 4.98 Å². The van der Waals surface area contributed by atoms with E-state index in [0.29, 0.717) is 0 Å². The van der Waals surface area contributed by atoms with Gasteiger partial charge in [0.25, 0.3) is 0 Å². The standard InChI is InChI=1S/C22H21ClN2/c1-2-6-17-13-22(24-21-11-10-19(23)14-20(17)21)25-12-5-9-16-7-3-4-8-18(16)15-25/h2-4,7-8,10-11,13-14H,1,5-6,9,12,15H2. The molecule has 0 radical (unpaired) electrons. The summed E-state index contributed by atoms with van der Waals surface area (Å²) >= 11 is 6.19. The molecule has 4 rings (SSSR count). The third-order valence-corrected chi connectivity index (χ3v) is 5.12. The second kappa shape index (κ2) is 6.89. The molecule has 0 unspecified atom stereocenters. The summed E-state index contributed by atoms with van der Waals surface area (Å²) in [6.07, 6.45) is 5.04. The molecule has 0 bridgehead atoms. The number of aryl methyl sites for hydroxylation is 1. The molecule has 0 amide bonds. The summed E-state index contributed by atoms with van der Waals surface area (Å²) in [6.45, 7) is 5.84. The molecule has 1 aromatic heterocycles. The van der Waals surface area contributed by atoms with Crippen molar-refractivity contribution in [3.8, 4) is 0 Å². The van der Waals surface area contributed by atoms with Gasteiger partial charge in [0.15, 0.2) is 0 Å². The number of rotatable bonds is 3. The maximum absolute atomic E-state index is 6.19. The third-order valence-electron chi connectivity index (χ3n) is 4.88. The molecule has 1 aliphatic heterocycles. The van der Waals surface area contributed by atoms with Gasteiger partial charge in [-0.3, -0.25) is 0 Å². The smallest absolute Gasteiger partial charge is 0.129 e. The van der Waals surface area contributed by atoms with Gasteiger partial charge in [-0.15, -0.1) is 6.58 Å². The highest BCUT2D eigenvalue weighted by Crippen LogP contribution is 2.29. The predicted octanol–water partition coefficient (Wildman–Crippen LogP) is 5.57. The zero-order valence-electron chi connectivity index (χ0n) is 14.2. The predicted molar refractivity (Wildman–Crippen MR) is 106 cm³/mol. The molecule has 0 atom stereocenters. The van der Waals surface area contributed by atoms with Gasteiger partial charge in [0, 0.05) is 23.5 Å². The maximum Gasteiger partial charge on any atom is 0.129 e. The molecule has 0 spiro atoms. The lowest BCUT2D eigenvalue weighted by Gasteiger charge is -2.23. The van der Waals surface area contributed by atoms with Gasteiger partial charge < -0.3 is 4.90 Å². The van der Waals surface area contributed by atoms with Crippen molar-refractivity contribution < 1.29 is 0 Å². The lowest BCUT2D eigenvalue weighted by atomic mass is 10.0. The average molecular weight is 349 g/mol. The lowest BCUT2D eigenvalue weighted by Crippen LogP contribution is -2.23. The van der Waals surface area contributed by atoms with Gasteiger partial charge in [-0.2, -0.15) is 0 Å². The molecule has 126 valence electrons. The van der Waals surface area contributed by atoms with Gasteiger partial charge in [0.2, 0.25) is 0 Å². The molecule has 0 saturated carbocycles. The number of allylic oxidation sites excluding steroid dienone is 1. The Morgan fingerprint density at radius 3 is 2.80 bits per heavy atom. The fraction of sp³-hybridized carbons (Fsp3) is 0.227. The quantitative estimate of drug-likeness (QED) is 0.575. The summed E-state index contributed by atoms with van der Waals surface area (Å²) < 4.78 is 0. The van der Waals surface area contributed by atoms with Crippen LogP contribution in [0.3, 0.4) is 0 Å². The number of hydrogen-bond acceptors (Lipinski definition) is 2. The Morgan fingerprint density at radius 1 is 1.12 bits per heavy atom. The zero-order valence-corrected chi connectivity index (χ0v) is 15.0. The summed E-state index contributed by atoms with van der Waals surface area (Å²) in [7, 11) is 0. The number of hydrogen-bond donors (Lipinski definition) is 0. The number of halogens is 1. The maximum atomic E-state index is 6.19. The number of anilines is 1. The van der Waals surface area contributed by atoms with E-state index >= 15 is 0 Å². The van der Waals surface area contributed by atoms with Crippen molar-refractivity contribution in [1.82, 2.24) is 4.98 Å². The van der Waals surface area contributed by atoms with E-state index in [4.69, 9.17) is 16.6 Å². The topological polar surface area (TPSA) is 16.1 Å². The molecule has 2 heterocycles. The first kappa shape index (κ1) is 16.2. The van der Waals surface area contributed by atoms with Crippen LogP contribution in [0.15, 0.2) is 61.2 Å². The van der Waals surface area contributed by atoms with Gasteiger partial charge in [0.05, 0.1) is 5.52 Å². The molecule has 1 aliphatic rings. The van der Waals surface area contributed by atoms with Crippen LogP contribution in [0.25, 0.3) is 10.9 Å². The number of nitrogens with zero attached hydrogens (tertiary/aromatic N) is 2. The van der Waals surface area contributed by atoms with E-state index in [9.17, 15) is 0 Å².